The van der Waals surface area contributed by atoms with Crippen LogP contribution < -0.4 is 0 Å². The molecule has 0 aliphatic rings. The average Bonchev–Trinajstić information content (AvgIpc) is 2.53. The van der Waals surface area contributed by atoms with Gasteiger partial charge in [-0.15, -0.1) is 0 Å². The van der Waals surface area contributed by atoms with Crippen molar-refractivity contribution in [1.29, 1.82) is 0 Å². The Bertz CT molecular complexity index is 367. The predicted molar refractivity (Wildman–Crippen MR) is 45.2 cm³/mol. The monoisotopic (exact) mass is 160 g/mol. The van der Waals surface area contributed by atoms with E-state index in [0.717, 1.165) is 5.69 Å². The number of hydrogen-bond donors (Lipinski definition) is 1. The SMILES string of the molecule is Oc1ccnn1-c1ccccc1. The van der Waals surface area contributed by atoms with Gasteiger partial charge in [0.15, 0.2) is 0 Å². The van der Waals surface area contributed by atoms with Gasteiger partial charge >= 0.3 is 0 Å². The molecule has 12 heavy (non-hydrogen) atoms. The number of nitrogens with zero attached hydrogens (tertiary/aromatic N) is 2. The summed E-state index contributed by atoms with van der Waals surface area (Å²) in [5, 5.41) is 13.3. The van der Waals surface area contributed by atoms with E-state index in [1.165, 1.54) is 4.68 Å². The molecule has 0 saturated heterocycles. The van der Waals surface area contributed by atoms with E-state index in [9.17, 15) is 5.11 Å². The van der Waals surface area contributed by atoms with Gasteiger partial charge in [0, 0.05) is 6.07 Å². The minimum absolute atomic E-state index is 0.154. The van der Waals surface area contributed by atoms with Crippen molar-refractivity contribution in [3.8, 4) is 11.6 Å². The first-order valence-electron chi connectivity index (χ1n) is 3.66. The van der Waals surface area contributed by atoms with Gasteiger partial charge in [0.25, 0.3) is 0 Å². The molecule has 0 amide bonds. The smallest absolute Gasteiger partial charge is 0.214 e. The van der Waals surface area contributed by atoms with Gasteiger partial charge in [0.05, 0.1) is 11.9 Å². The molecule has 0 unspecified atom stereocenters. The molecule has 2 aromatic rings. The first kappa shape index (κ1) is 6.91. The number of benzene rings is 1. The Kier molecular flexibility index (Phi) is 1.55. The molecule has 0 saturated carbocycles. The van der Waals surface area contributed by atoms with Crippen molar-refractivity contribution >= 4 is 0 Å². The molecular formula is C9H8N2O. The molecular weight excluding hydrogens is 152 g/mol. The highest BCUT2D eigenvalue weighted by atomic mass is 16.3. The zero-order valence-electron chi connectivity index (χ0n) is 6.38. The summed E-state index contributed by atoms with van der Waals surface area (Å²) in [4.78, 5) is 0. The Morgan fingerprint density at radius 2 is 1.83 bits per heavy atom. The van der Waals surface area contributed by atoms with E-state index in [1.807, 2.05) is 30.3 Å². The standard InChI is InChI=1S/C9H8N2O/c12-9-6-7-10-11(9)8-4-2-1-3-5-8/h1-7,12H. The van der Waals surface area contributed by atoms with Crippen molar-refractivity contribution in [2.45, 2.75) is 0 Å². The molecule has 2 rings (SSSR count). The molecule has 1 aromatic carbocycles. The molecule has 1 aromatic heterocycles. The third-order valence-electron chi connectivity index (χ3n) is 1.62. The van der Waals surface area contributed by atoms with Crippen LogP contribution in [-0.2, 0) is 0 Å². The van der Waals surface area contributed by atoms with E-state index in [1.54, 1.807) is 12.3 Å². The summed E-state index contributed by atoms with van der Waals surface area (Å²) in [5.41, 5.74) is 0.861. The lowest BCUT2D eigenvalue weighted by molar-refractivity contribution is 0.433. The van der Waals surface area contributed by atoms with E-state index >= 15 is 0 Å². The number of hydrogen-bond acceptors (Lipinski definition) is 2. The van der Waals surface area contributed by atoms with Crippen molar-refractivity contribution in [1.82, 2.24) is 9.78 Å². The number of para-hydroxylation sites is 1. The lowest BCUT2D eigenvalue weighted by Gasteiger charge is -2.00. The summed E-state index contributed by atoms with van der Waals surface area (Å²) in [6.45, 7) is 0. The zero-order valence-corrected chi connectivity index (χ0v) is 6.38. The van der Waals surface area contributed by atoms with E-state index in [-0.39, 0.29) is 5.88 Å². The summed E-state index contributed by atoms with van der Waals surface area (Å²) in [6.07, 6.45) is 1.56. The third-order valence-corrected chi connectivity index (χ3v) is 1.62. The molecule has 0 bridgehead atoms. The predicted octanol–water partition coefficient (Wildman–Crippen LogP) is 1.58. The number of aromatic hydroxyl groups is 1. The van der Waals surface area contributed by atoms with Crippen LogP contribution in [0.5, 0.6) is 5.88 Å². The van der Waals surface area contributed by atoms with Crippen LogP contribution >= 0.6 is 0 Å². The topological polar surface area (TPSA) is 38.1 Å². The molecule has 60 valence electrons. The van der Waals surface area contributed by atoms with Gasteiger partial charge < -0.3 is 5.11 Å². The Balaban J connectivity index is 2.51. The van der Waals surface area contributed by atoms with Crippen molar-refractivity contribution in [2.24, 2.45) is 0 Å². The maximum atomic E-state index is 9.30. The normalized spacial score (nSPS) is 10.0. The highest BCUT2D eigenvalue weighted by Crippen LogP contribution is 2.13. The second-order valence-electron chi connectivity index (χ2n) is 2.44. The van der Waals surface area contributed by atoms with Crippen molar-refractivity contribution in [2.75, 3.05) is 0 Å². The Labute approximate surface area is 69.9 Å². The number of aromatic nitrogens is 2. The molecule has 0 aliphatic carbocycles. The van der Waals surface area contributed by atoms with Crippen LogP contribution in [-0.4, -0.2) is 14.9 Å². The molecule has 0 radical (unpaired) electrons. The van der Waals surface area contributed by atoms with E-state index in [0.29, 0.717) is 0 Å². The summed E-state index contributed by atoms with van der Waals surface area (Å²) in [5.74, 6) is 0.154. The van der Waals surface area contributed by atoms with Crippen LogP contribution in [0.1, 0.15) is 0 Å². The zero-order chi connectivity index (χ0) is 8.39. The largest absolute Gasteiger partial charge is 0.493 e. The van der Waals surface area contributed by atoms with Crippen LogP contribution in [0.25, 0.3) is 5.69 Å². The summed E-state index contributed by atoms with van der Waals surface area (Å²) in [7, 11) is 0. The van der Waals surface area contributed by atoms with Crippen LogP contribution in [0.4, 0.5) is 0 Å². The van der Waals surface area contributed by atoms with Crippen LogP contribution in [0.2, 0.25) is 0 Å². The van der Waals surface area contributed by atoms with Gasteiger partial charge in [-0.05, 0) is 12.1 Å². The maximum Gasteiger partial charge on any atom is 0.214 e. The van der Waals surface area contributed by atoms with Gasteiger partial charge in [-0.2, -0.15) is 5.10 Å². The van der Waals surface area contributed by atoms with Crippen LogP contribution in [0, 0.1) is 0 Å². The maximum absolute atomic E-state index is 9.30. The summed E-state index contributed by atoms with van der Waals surface area (Å²) in [6, 6.07) is 11.0. The van der Waals surface area contributed by atoms with Crippen LogP contribution in [0.3, 0.4) is 0 Å². The highest BCUT2D eigenvalue weighted by molar-refractivity contribution is 5.33. The lowest BCUT2D eigenvalue weighted by Crippen LogP contribution is -1.93. The van der Waals surface area contributed by atoms with Gasteiger partial charge in [0.2, 0.25) is 5.88 Å². The average molecular weight is 160 g/mol. The summed E-state index contributed by atoms with van der Waals surface area (Å²) < 4.78 is 1.47. The molecule has 3 heteroatoms. The van der Waals surface area contributed by atoms with Gasteiger partial charge in [-0.3, -0.25) is 0 Å². The highest BCUT2D eigenvalue weighted by Gasteiger charge is 1.99. The molecule has 0 aliphatic heterocycles. The lowest BCUT2D eigenvalue weighted by atomic mass is 10.3. The molecule has 1 N–H and O–H groups in total. The first-order valence-corrected chi connectivity index (χ1v) is 3.66. The van der Waals surface area contributed by atoms with Gasteiger partial charge in [-0.1, -0.05) is 18.2 Å². The quantitative estimate of drug-likeness (QED) is 0.687. The Morgan fingerprint density at radius 3 is 2.42 bits per heavy atom. The van der Waals surface area contributed by atoms with E-state index in [2.05, 4.69) is 5.10 Å². The minimum Gasteiger partial charge on any atom is -0.493 e. The van der Waals surface area contributed by atoms with Crippen molar-refractivity contribution in [3.05, 3.63) is 42.6 Å². The molecule has 0 fully saturated rings. The van der Waals surface area contributed by atoms with E-state index in [4.69, 9.17) is 0 Å². The fourth-order valence-electron chi connectivity index (χ4n) is 1.06. The second-order valence-corrected chi connectivity index (χ2v) is 2.44. The second kappa shape index (κ2) is 2.70. The van der Waals surface area contributed by atoms with Crippen LogP contribution in [0.15, 0.2) is 42.6 Å². The molecule has 0 atom stereocenters. The van der Waals surface area contributed by atoms with E-state index < -0.39 is 0 Å². The molecule has 3 nitrogen and oxygen atoms in total. The fourth-order valence-corrected chi connectivity index (χ4v) is 1.06. The molecule has 1 heterocycles. The summed E-state index contributed by atoms with van der Waals surface area (Å²) >= 11 is 0. The number of rotatable bonds is 1. The van der Waals surface area contributed by atoms with Gasteiger partial charge in [-0.25, -0.2) is 4.68 Å². The minimum atomic E-state index is 0.154. The third kappa shape index (κ3) is 1.05. The Hall–Kier alpha value is -1.77. The molecule has 0 spiro atoms. The van der Waals surface area contributed by atoms with Crippen molar-refractivity contribution in [3.63, 3.8) is 0 Å². The Morgan fingerprint density at radius 1 is 1.08 bits per heavy atom. The van der Waals surface area contributed by atoms with Gasteiger partial charge in [0.1, 0.15) is 0 Å². The van der Waals surface area contributed by atoms with Crippen molar-refractivity contribution < 1.29 is 5.11 Å². The fraction of sp³-hybridized carbons (Fsp3) is 0. The first-order chi connectivity index (χ1) is 5.88.